The van der Waals surface area contributed by atoms with Crippen LogP contribution in [0.3, 0.4) is 0 Å². The van der Waals surface area contributed by atoms with E-state index >= 15 is 0 Å². The van der Waals surface area contributed by atoms with E-state index in [2.05, 4.69) is 0 Å². The van der Waals surface area contributed by atoms with E-state index in [9.17, 15) is 8.78 Å². The summed E-state index contributed by atoms with van der Waals surface area (Å²) in [5.74, 6) is 0. The van der Waals surface area contributed by atoms with E-state index in [0.29, 0.717) is 0 Å². The second-order valence-electron chi connectivity index (χ2n) is 1.62. The van der Waals surface area contributed by atoms with E-state index in [-0.39, 0.29) is 6.42 Å². The number of aliphatic hydroxyl groups is 1. The highest BCUT2D eigenvalue weighted by Gasteiger charge is 2.15. The van der Waals surface area contributed by atoms with E-state index in [1.54, 1.807) is 0 Å². The van der Waals surface area contributed by atoms with Gasteiger partial charge in [-0.3, -0.25) is 0 Å². The van der Waals surface area contributed by atoms with Crippen molar-refractivity contribution in [2.45, 2.75) is 25.7 Å². The molecule has 0 aliphatic rings. The highest BCUT2D eigenvalue weighted by Crippen LogP contribution is 2.05. The van der Waals surface area contributed by atoms with E-state index in [1.807, 2.05) is 0 Å². The molecule has 0 aliphatic heterocycles. The highest BCUT2D eigenvalue weighted by molar-refractivity contribution is 4.63. The molecule has 0 saturated carbocycles. The Morgan fingerprint density at radius 2 is 1.88 bits per heavy atom. The Labute approximate surface area is 47.3 Å². The van der Waals surface area contributed by atoms with Crippen molar-refractivity contribution in [3.8, 4) is 0 Å². The summed E-state index contributed by atoms with van der Waals surface area (Å²) in [4.78, 5) is 0. The standard InChI is InChI=1S/C5H10F2O/c1-2-4(6)5(7)3-8/h4-5,8H,2-3H2,1H3. The highest BCUT2D eigenvalue weighted by atomic mass is 19.2. The van der Waals surface area contributed by atoms with Crippen LogP contribution in [-0.2, 0) is 0 Å². The summed E-state index contributed by atoms with van der Waals surface area (Å²) in [6.07, 6.45) is -3.07. The molecule has 0 saturated heterocycles. The maximum atomic E-state index is 12.0. The Morgan fingerprint density at radius 3 is 2.00 bits per heavy atom. The molecule has 2 atom stereocenters. The normalized spacial score (nSPS) is 18.0. The van der Waals surface area contributed by atoms with Gasteiger partial charge in [0.05, 0.1) is 6.61 Å². The van der Waals surface area contributed by atoms with Crippen molar-refractivity contribution in [2.24, 2.45) is 0 Å². The van der Waals surface area contributed by atoms with Crippen LogP contribution in [0.4, 0.5) is 8.78 Å². The summed E-state index contributed by atoms with van der Waals surface area (Å²) in [5.41, 5.74) is 0. The minimum atomic E-state index is -1.69. The van der Waals surface area contributed by atoms with E-state index in [1.165, 1.54) is 6.92 Å². The number of hydrogen-bond acceptors (Lipinski definition) is 1. The molecule has 0 rings (SSSR count). The van der Waals surface area contributed by atoms with Crippen LogP contribution < -0.4 is 0 Å². The zero-order chi connectivity index (χ0) is 6.57. The number of halogens is 2. The maximum absolute atomic E-state index is 12.0. The van der Waals surface area contributed by atoms with Gasteiger partial charge >= 0.3 is 0 Å². The van der Waals surface area contributed by atoms with Gasteiger partial charge in [-0.1, -0.05) is 6.92 Å². The smallest absolute Gasteiger partial charge is 0.154 e. The van der Waals surface area contributed by atoms with Gasteiger partial charge < -0.3 is 5.11 Å². The van der Waals surface area contributed by atoms with Crippen LogP contribution in [0.5, 0.6) is 0 Å². The van der Waals surface area contributed by atoms with Crippen LogP contribution in [0.1, 0.15) is 13.3 Å². The Bertz CT molecular complexity index is 50.4. The predicted octanol–water partition coefficient (Wildman–Crippen LogP) is 1.06. The van der Waals surface area contributed by atoms with Crippen LogP contribution in [0, 0.1) is 0 Å². The third-order valence-electron chi connectivity index (χ3n) is 0.957. The molecule has 3 heteroatoms. The third-order valence-corrected chi connectivity index (χ3v) is 0.957. The molecule has 0 radical (unpaired) electrons. The average Bonchev–Trinajstić information content (AvgIpc) is 1.84. The molecule has 8 heavy (non-hydrogen) atoms. The molecule has 2 unspecified atom stereocenters. The molecule has 1 nitrogen and oxygen atoms in total. The van der Waals surface area contributed by atoms with Gasteiger partial charge in [0, 0.05) is 0 Å². The molecular weight excluding hydrogens is 114 g/mol. The van der Waals surface area contributed by atoms with Crippen LogP contribution in [0.2, 0.25) is 0 Å². The summed E-state index contributed by atoms with van der Waals surface area (Å²) in [6.45, 7) is 0.821. The van der Waals surface area contributed by atoms with Crippen molar-refractivity contribution in [3.05, 3.63) is 0 Å². The summed E-state index contributed by atoms with van der Waals surface area (Å²) in [5, 5.41) is 8.02. The van der Waals surface area contributed by atoms with Crippen molar-refractivity contribution in [3.63, 3.8) is 0 Å². The SMILES string of the molecule is CCC(F)C(F)CO. The van der Waals surface area contributed by atoms with Gasteiger partial charge in [0.15, 0.2) is 6.17 Å². The van der Waals surface area contributed by atoms with Crippen molar-refractivity contribution >= 4 is 0 Å². The first-order valence-electron chi connectivity index (χ1n) is 2.61. The largest absolute Gasteiger partial charge is 0.393 e. The molecule has 0 aromatic heterocycles. The van der Waals surface area contributed by atoms with Crippen molar-refractivity contribution in [2.75, 3.05) is 6.61 Å². The summed E-state index contributed by atoms with van der Waals surface area (Å²) in [6, 6.07) is 0. The first kappa shape index (κ1) is 7.82. The van der Waals surface area contributed by atoms with Gasteiger partial charge in [-0.25, -0.2) is 8.78 Å². The second kappa shape index (κ2) is 3.78. The molecule has 0 heterocycles. The fourth-order valence-corrected chi connectivity index (χ4v) is 0.370. The Morgan fingerprint density at radius 1 is 1.38 bits per heavy atom. The first-order valence-corrected chi connectivity index (χ1v) is 2.61. The molecule has 0 aromatic carbocycles. The van der Waals surface area contributed by atoms with Gasteiger partial charge in [-0.15, -0.1) is 0 Å². The number of hydrogen-bond donors (Lipinski definition) is 1. The van der Waals surface area contributed by atoms with Gasteiger partial charge in [-0.2, -0.15) is 0 Å². The maximum Gasteiger partial charge on any atom is 0.154 e. The lowest BCUT2D eigenvalue weighted by molar-refractivity contribution is 0.0956. The molecule has 0 aromatic rings. The van der Waals surface area contributed by atoms with E-state index in [4.69, 9.17) is 5.11 Å². The molecule has 1 N–H and O–H groups in total. The van der Waals surface area contributed by atoms with E-state index in [0.717, 1.165) is 0 Å². The van der Waals surface area contributed by atoms with Gasteiger partial charge in [0.1, 0.15) is 6.17 Å². The second-order valence-corrected chi connectivity index (χ2v) is 1.62. The minimum Gasteiger partial charge on any atom is -0.393 e. The average molecular weight is 124 g/mol. The lowest BCUT2D eigenvalue weighted by atomic mass is 10.2. The Hall–Kier alpha value is -0.180. The molecule has 0 bridgehead atoms. The minimum absolute atomic E-state index is 0.127. The van der Waals surface area contributed by atoms with Crippen LogP contribution in [0.15, 0.2) is 0 Å². The Balaban J connectivity index is 3.29. The molecule has 0 amide bonds. The zero-order valence-electron chi connectivity index (χ0n) is 4.77. The van der Waals surface area contributed by atoms with Gasteiger partial charge in [-0.05, 0) is 6.42 Å². The molecule has 0 spiro atoms. The van der Waals surface area contributed by atoms with Crippen LogP contribution in [0.25, 0.3) is 0 Å². The van der Waals surface area contributed by atoms with E-state index < -0.39 is 19.0 Å². The predicted molar refractivity (Wildman–Crippen MR) is 27.2 cm³/mol. The first-order chi connectivity index (χ1) is 3.72. The van der Waals surface area contributed by atoms with Crippen molar-refractivity contribution in [1.82, 2.24) is 0 Å². The van der Waals surface area contributed by atoms with Crippen LogP contribution in [-0.4, -0.2) is 24.1 Å². The number of alkyl halides is 2. The van der Waals surface area contributed by atoms with Crippen molar-refractivity contribution in [1.29, 1.82) is 0 Å². The summed E-state index contributed by atoms with van der Waals surface area (Å²) < 4.78 is 23.9. The summed E-state index contributed by atoms with van der Waals surface area (Å²) >= 11 is 0. The monoisotopic (exact) mass is 124 g/mol. The molecule has 0 aliphatic carbocycles. The molecule has 0 fully saturated rings. The fraction of sp³-hybridized carbons (Fsp3) is 1.00. The van der Waals surface area contributed by atoms with Gasteiger partial charge in [0.25, 0.3) is 0 Å². The summed E-state index contributed by atoms with van der Waals surface area (Å²) in [7, 11) is 0. The number of rotatable bonds is 3. The zero-order valence-corrected chi connectivity index (χ0v) is 4.77. The van der Waals surface area contributed by atoms with Gasteiger partial charge in [0.2, 0.25) is 0 Å². The topological polar surface area (TPSA) is 20.2 Å². The number of aliphatic hydroxyl groups excluding tert-OH is 1. The third kappa shape index (κ3) is 2.21. The van der Waals surface area contributed by atoms with Crippen LogP contribution >= 0.6 is 0 Å². The quantitative estimate of drug-likeness (QED) is 0.596. The lowest BCUT2D eigenvalue weighted by Gasteiger charge is -2.06. The van der Waals surface area contributed by atoms with Crippen molar-refractivity contribution < 1.29 is 13.9 Å². The Kier molecular flexibility index (Phi) is 3.69. The molecule has 50 valence electrons. The fourth-order valence-electron chi connectivity index (χ4n) is 0.370. The molecular formula is C5H10F2O. The lowest BCUT2D eigenvalue weighted by Crippen LogP contribution is -2.19.